The lowest BCUT2D eigenvalue weighted by Crippen LogP contribution is -2.37. The summed E-state index contributed by atoms with van der Waals surface area (Å²) in [6.07, 6.45) is 0.699. The molecule has 0 fully saturated rings. The fraction of sp³-hybridized carbons (Fsp3) is 0.158. The number of rotatable bonds is 3. The summed E-state index contributed by atoms with van der Waals surface area (Å²) in [4.78, 5) is 0. The van der Waals surface area contributed by atoms with Crippen LogP contribution in [0.4, 0.5) is 4.39 Å². The average Bonchev–Trinajstić information content (AvgIpc) is 2.53. The molecule has 0 aliphatic rings. The standard InChI is InChI=1S/C19H18FN/c1-2-19(21,15-9-6-10-16(20)13-15)18-12-5-8-14-7-3-4-11-17(14)18/h3-13H,2,21H2,1H3. The van der Waals surface area contributed by atoms with Gasteiger partial charge in [-0.25, -0.2) is 4.39 Å². The van der Waals surface area contributed by atoms with Crippen molar-refractivity contribution < 1.29 is 4.39 Å². The van der Waals surface area contributed by atoms with Crippen molar-refractivity contribution in [2.24, 2.45) is 5.73 Å². The van der Waals surface area contributed by atoms with Crippen LogP contribution < -0.4 is 5.73 Å². The van der Waals surface area contributed by atoms with E-state index in [1.807, 2.05) is 37.3 Å². The molecule has 1 nitrogen and oxygen atoms in total. The number of benzene rings is 3. The molecular weight excluding hydrogens is 261 g/mol. The van der Waals surface area contributed by atoms with Crippen molar-refractivity contribution >= 4 is 10.8 Å². The van der Waals surface area contributed by atoms with E-state index < -0.39 is 5.54 Å². The van der Waals surface area contributed by atoms with Gasteiger partial charge < -0.3 is 5.73 Å². The van der Waals surface area contributed by atoms with Gasteiger partial charge in [-0.05, 0) is 40.5 Å². The third kappa shape index (κ3) is 2.32. The van der Waals surface area contributed by atoms with Gasteiger partial charge in [0.05, 0.1) is 5.54 Å². The molecule has 0 radical (unpaired) electrons. The van der Waals surface area contributed by atoms with E-state index in [4.69, 9.17) is 5.73 Å². The molecular formula is C19H18FN. The first kappa shape index (κ1) is 13.8. The van der Waals surface area contributed by atoms with Gasteiger partial charge >= 0.3 is 0 Å². The lowest BCUT2D eigenvalue weighted by molar-refractivity contribution is 0.516. The molecule has 0 aromatic heterocycles. The Balaban J connectivity index is 2.27. The van der Waals surface area contributed by atoms with Gasteiger partial charge in [0.25, 0.3) is 0 Å². The van der Waals surface area contributed by atoms with Crippen LogP contribution in [0.25, 0.3) is 10.8 Å². The van der Waals surface area contributed by atoms with Gasteiger partial charge in [0.2, 0.25) is 0 Å². The third-order valence-electron chi connectivity index (χ3n) is 4.17. The van der Waals surface area contributed by atoms with Crippen LogP contribution in [0.15, 0.2) is 66.7 Å². The Hall–Kier alpha value is -2.19. The highest BCUT2D eigenvalue weighted by molar-refractivity contribution is 5.87. The maximum absolute atomic E-state index is 13.6. The minimum Gasteiger partial charge on any atom is -0.318 e. The Morgan fingerprint density at radius 2 is 1.67 bits per heavy atom. The topological polar surface area (TPSA) is 26.0 Å². The molecule has 3 aromatic carbocycles. The van der Waals surface area contributed by atoms with Crippen LogP contribution >= 0.6 is 0 Å². The molecule has 0 amide bonds. The van der Waals surface area contributed by atoms with Crippen LogP contribution in [-0.4, -0.2) is 0 Å². The van der Waals surface area contributed by atoms with Crippen LogP contribution in [0.2, 0.25) is 0 Å². The molecule has 106 valence electrons. The molecule has 0 aliphatic heterocycles. The van der Waals surface area contributed by atoms with Gasteiger partial charge in [-0.3, -0.25) is 0 Å². The van der Waals surface area contributed by atoms with Gasteiger partial charge in [0.15, 0.2) is 0 Å². The first-order valence-corrected chi connectivity index (χ1v) is 7.18. The van der Waals surface area contributed by atoms with Gasteiger partial charge in [-0.1, -0.05) is 61.5 Å². The van der Waals surface area contributed by atoms with Crippen LogP contribution in [0.3, 0.4) is 0 Å². The first-order chi connectivity index (χ1) is 10.1. The zero-order chi connectivity index (χ0) is 14.9. The Morgan fingerprint density at radius 1 is 0.952 bits per heavy atom. The fourth-order valence-corrected chi connectivity index (χ4v) is 2.93. The first-order valence-electron chi connectivity index (χ1n) is 7.18. The highest BCUT2D eigenvalue weighted by Crippen LogP contribution is 2.35. The normalized spacial score (nSPS) is 14.0. The lowest BCUT2D eigenvalue weighted by atomic mass is 9.79. The minimum atomic E-state index is -0.692. The number of hydrogen-bond acceptors (Lipinski definition) is 1. The highest BCUT2D eigenvalue weighted by Gasteiger charge is 2.29. The monoisotopic (exact) mass is 279 g/mol. The quantitative estimate of drug-likeness (QED) is 0.745. The van der Waals surface area contributed by atoms with Crippen molar-refractivity contribution in [3.63, 3.8) is 0 Å². The molecule has 3 rings (SSSR count). The van der Waals surface area contributed by atoms with Crippen LogP contribution in [0, 0.1) is 5.82 Å². The third-order valence-corrected chi connectivity index (χ3v) is 4.17. The molecule has 0 spiro atoms. The largest absolute Gasteiger partial charge is 0.318 e. The predicted octanol–water partition coefficient (Wildman–Crippen LogP) is 4.59. The van der Waals surface area contributed by atoms with Gasteiger partial charge in [-0.2, -0.15) is 0 Å². The molecule has 21 heavy (non-hydrogen) atoms. The molecule has 2 N–H and O–H groups in total. The number of halogens is 1. The second kappa shape index (κ2) is 5.30. The molecule has 1 atom stereocenters. The molecule has 1 unspecified atom stereocenters. The Kier molecular flexibility index (Phi) is 3.48. The van der Waals surface area contributed by atoms with E-state index in [0.717, 1.165) is 21.9 Å². The molecule has 3 aromatic rings. The number of hydrogen-bond donors (Lipinski definition) is 1. The number of fused-ring (bicyclic) bond motifs is 1. The average molecular weight is 279 g/mol. The van der Waals surface area contributed by atoms with E-state index in [9.17, 15) is 4.39 Å². The molecule has 0 bridgehead atoms. The van der Waals surface area contributed by atoms with E-state index in [0.29, 0.717) is 6.42 Å². The number of nitrogens with two attached hydrogens (primary N) is 1. The maximum atomic E-state index is 13.6. The van der Waals surface area contributed by atoms with E-state index >= 15 is 0 Å². The van der Waals surface area contributed by atoms with Gasteiger partial charge in [0, 0.05) is 0 Å². The molecule has 0 saturated heterocycles. The minimum absolute atomic E-state index is 0.254. The smallest absolute Gasteiger partial charge is 0.123 e. The second-order valence-corrected chi connectivity index (χ2v) is 5.36. The van der Waals surface area contributed by atoms with Gasteiger partial charge in [-0.15, -0.1) is 0 Å². The highest BCUT2D eigenvalue weighted by atomic mass is 19.1. The van der Waals surface area contributed by atoms with E-state index in [-0.39, 0.29) is 5.82 Å². The fourth-order valence-electron chi connectivity index (χ4n) is 2.93. The Bertz CT molecular complexity index is 776. The summed E-state index contributed by atoms with van der Waals surface area (Å²) in [5.41, 5.74) is 7.86. The molecule has 0 aliphatic carbocycles. The van der Waals surface area contributed by atoms with Crippen molar-refractivity contribution in [2.75, 3.05) is 0 Å². The summed E-state index contributed by atoms with van der Waals surface area (Å²) in [5.74, 6) is -0.254. The van der Waals surface area contributed by atoms with E-state index in [1.54, 1.807) is 6.07 Å². The van der Waals surface area contributed by atoms with Crippen LogP contribution in [0.5, 0.6) is 0 Å². The summed E-state index contributed by atoms with van der Waals surface area (Å²) in [5, 5.41) is 2.27. The molecule has 0 saturated carbocycles. The van der Waals surface area contributed by atoms with Crippen LogP contribution in [-0.2, 0) is 5.54 Å². The lowest BCUT2D eigenvalue weighted by Gasteiger charge is -2.31. The molecule has 0 heterocycles. The Morgan fingerprint density at radius 3 is 2.43 bits per heavy atom. The summed E-state index contributed by atoms with van der Waals surface area (Å²) >= 11 is 0. The van der Waals surface area contributed by atoms with Crippen molar-refractivity contribution in [2.45, 2.75) is 18.9 Å². The zero-order valence-corrected chi connectivity index (χ0v) is 12.0. The van der Waals surface area contributed by atoms with Crippen molar-refractivity contribution in [3.05, 3.63) is 83.7 Å². The SMILES string of the molecule is CCC(N)(c1cccc(F)c1)c1cccc2ccccc12. The molecule has 2 heteroatoms. The summed E-state index contributed by atoms with van der Waals surface area (Å²) in [6, 6.07) is 20.9. The summed E-state index contributed by atoms with van der Waals surface area (Å²) in [7, 11) is 0. The van der Waals surface area contributed by atoms with E-state index in [1.165, 1.54) is 12.1 Å². The summed E-state index contributed by atoms with van der Waals surface area (Å²) < 4.78 is 13.6. The van der Waals surface area contributed by atoms with E-state index in [2.05, 4.69) is 18.2 Å². The zero-order valence-electron chi connectivity index (χ0n) is 12.0. The Labute approximate surface area is 124 Å². The maximum Gasteiger partial charge on any atom is 0.123 e. The second-order valence-electron chi connectivity index (χ2n) is 5.36. The van der Waals surface area contributed by atoms with Gasteiger partial charge in [0.1, 0.15) is 5.82 Å². The predicted molar refractivity (Wildman–Crippen MR) is 85.6 cm³/mol. The van der Waals surface area contributed by atoms with Crippen molar-refractivity contribution in [1.82, 2.24) is 0 Å². The van der Waals surface area contributed by atoms with Crippen LogP contribution in [0.1, 0.15) is 24.5 Å². The van der Waals surface area contributed by atoms with Crippen molar-refractivity contribution in [1.29, 1.82) is 0 Å². The van der Waals surface area contributed by atoms with Crippen molar-refractivity contribution in [3.8, 4) is 0 Å². The summed E-state index contributed by atoms with van der Waals surface area (Å²) in [6.45, 7) is 2.03.